The Morgan fingerprint density at radius 1 is 1.36 bits per heavy atom. The Kier molecular flexibility index (Phi) is 3.88. The molecule has 3 N–H and O–H groups in total. The summed E-state index contributed by atoms with van der Waals surface area (Å²) in [7, 11) is 0. The molecular formula is C7H7ClF3N3. The van der Waals surface area contributed by atoms with Crippen molar-refractivity contribution in [2.24, 2.45) is 5.73 Å². The van der Waals surface area contributed by atoms with Gasteiger partial charge in [-0.15, -0.1) is 12.4 Å². The lowest BCUT2D eigenvalue weighted by atomic mass is 10.2. The van der Waals surface area contributed by atoms with Gasteiger partial charge in [-0.3, -0.25) is 10.4 Å². The van der Waals surface area contributed by atoms with Gasteiger partial charge in [-0.25, -0.2) is 0 Å². The van der Waals surface area contributed by atoms with Crippen LogP contribution in [0.4, 0.5) is 13.2 Å². The Balaban J connectivity index is 0.00000169. The van der Waals surface area contributed by atoms with Gasteiger partial charge in [0.05, 0.1) is 0 Å². The SMILES string of the molecule is Cl.N=C(N)c1ccc(C(F)(F)F)nc1. The Hall–Kier alpha value is -1.30. The van der Waals surface area contributed by atoms with E-state index in [4.69, 9.17) is 11.1 Å². The van der Waals surface area contributed by atoms with E-state index >= 15 is 0 Å². The maximum absolute atomic E-state index is 12.0. The second kappa shape index (κ2) is 4.28. The van der Waals surface area contributed by atoms with Crippen LogP contribution in [0.25, 0.3) is 0 Å². The van der Waals surface area contributed by atoms with Crippen molar-refractivity contribution in [1.82, 2.24) is 4.98 Å². The molecule has 0 unspecified atom stereocenters. The second-order valence-electron chi connectivity index (χ2n) is 2.34. The van der Waals surface area contributed by atoms with Crippen LogP contribution in [-0.4, -0.2) is 10.8 Å². The lowest BCUT2D eigenvalue weighted by Gasteiger charge is -2.05. The van der Waals surface area contributed by atoms with Gasteiger partial charge >= 0.3 is 6.18 Å². The molecule has 0 bridgehead atoms. The molecule has 0 radical (unpaired) electrons. The quantitative estimate of drug-likeness (QED) is 0.566. The molecule has 0 spiro atoms. The lowest BCUT2D eigenvalue weighted by Crippen LogP contribution is -2.13. The minimum atomic E-state index is -4.45. The summed E-state index contributed by atoms with van der Waals surface area (Å²) in [6.45, 7) is 0. The summed E-state index contributed by atoms with van der Waals surface area (Å²) in [5.74, 6) is -0.304. The average molecular weight is 226 g/mol. The number of pyridine rings is 1. The average Bonchev–Trinajstić information content (AvgIpc) is 2.03. The highest BCUT2D eigenvalue weighted by Crippen LogP contribution is 2.26. The molecule has 0 aliphatic carbocycles. The van der Waals surface area contributed by atoms with E-state index in [1.807, 2.05) is 0 Å². The molecule has 0 aromatic carbocycles. The normalized spacial score (nSPS) is 10.5. The van der Waals surface area contributed by atoms with E-state index < -0.39 is 11.9 Å². The van der Waals surface area contributed by atoms with Gasteiger partial charge in [0.1, 0.15) is 11.5 Å². The maximum atomic E-state index is 12.0. The summed E-state index contributed by atoms with van der Waals surface area (Å²) < 4.78 is 35.9. The Bertz CT molecular complexity index is 320. The molecule has 78 valence electrons. The van der Waals surface area contributed by atoms with Crippen LogP contribution in [0.5, 0.6) is 0 Å². The van der Waals surface area contributed by atoms with Crippen LogP contribution >= 0.6 is 12.4 Å². The van der Waals surface area contributed by atoms with E-state index in [0.717, 1.165) is 18.3 Å². The smallest absolute Gasteiger partial charge is 0.384 e. The fourth-order valence-corrected chi connectivity index (χ4v) is 0.721. The Morgan fingerprint density at radius 2 is 1.93 bits per heavy atom. The van der Waals surface area contributed by atoms with Gasteiger partial charge in [-0.1, -0.05) is 0 Å². The fraction of sp³-hybridized carbons (Fsp3) is 0.143. The monoisotopic (exact) mass is 225 g/mol. The summed E-state index contributed by atoms with van der Waals surface area (Å²) in [5.41, 5.74) is 4.22. The van der Waals surface area contributed by atoms with E-state index in [0.29, 0.717) is 0 Å². The molecule has 1 aromatic heterocycles. The molecule has 0 amide bonds. The van der Waals surface area contributed by atoms with Crippen molar-refractivity contribution in [3.05, 3.63) is 29.6 Å². The number of rotatable bonds is 1. The van der Waals surface area contributed by atoms with Crippen molar-refractivity contribution in [1.29, 1.82) is 5.41 Å². The van der Waals surface area contributed by atoms with E-state index in [2.05, 4.69) is 4.98 Å². The number of hydrogen-bond acceptors (Lipinski definition) is 2. The zero-order valence-electron chi connectivity index (χ0n) is 6.80. The van der Waals surface area contributed by atoms with Gasteiger partial charge in [-0.2, -0.15) is 13.2 Å². The molecule has 0 saturated carbocycles. The number of nitrogens with zero attached hydrogens (tertiary/aromatic N) is 1. The highest BCUT2D eigenvalue weighted by atomic mass is 35.5. The summed E-state index contributed by atoms with van der Waals surface area (Å²) in [4.78, 5) is 3.13. The molecule has 7 heteroatoms. The Labute approximate surface area is 84.1 Å². The number of nitrogens with two attached hydrogens (primary N) is 1. The van der Waals surface area contributed by atoms with Crippen molar-refractivity contribution in [3.63, 3.8) is 0 Å². The van der Waals surface area contributed by atoms with Gasteiger partial charge < -0.3 is 5.73 Å². The molecular weight excluding hydrogens is 219 g/mol. The molecule has 1 aromatic rings. The van der Waals surface area contributed by atoms with Crippen LogP contribution in [0, 0.1) is 5.41 Å². The number of amidine groups is 1. The molecule has 0 fully saturated rings. The zero-order valence-corrected chi connectivity index (χ0v) is 7.62. The highest BCUT2D eigenvalue weighted by molar-refractivity contribution is 5.94. The van der Waals surface area contributed by atoms with Gasteiger partial charge in [0, 0.05) is 11.8 Å². The highest BCUT2D eigenvalue weighted by Gasteiger charge is 2.31. The first kappa shape index (κ1) is 12.7. The van der Waals surface area contributed by atoms with E-state index in [-0.39, 0.29) is 23.8 Å². The molecule has 0 aliphatic heterocycles. The third-order valence-corrected chi connectivity index (χ3v) is 1.36. The van der Waals surface area contributed by atoms with Crippen molar-refractivity contribution in [2.45, 2.75) is 6.18 Å². The topological polar surface area (TPSA) is 62.8 Å². The summed E-state index contributed by atoms with van der Waals surface area (Å²) in [5, 5.41) is 6.92. The first-order valence-electron chi connectivity index (χ1n) is 3.29. The van der Waals surface area contributed by atoms with Crippen LogP contribution in [0.2, 0.25) is 0 Å². The van der Waals surface area contributed by atoms with Gasteiger partial charge in [0.2, 0.25) is 0 Å². The standard InChI is InChI=1S/C7H6F3N3.ClH/c8-7(9,10)5-2-1-4(3-13-5)6(11)12;/h1-3H,(H3,11,12);1H. The number of nitrogen functional groups attached to an aromatic ring is 1. The molecule has 1 rings (SSSR count). The van der Waals surface area contributed by atoms with Crippen LogP contribution in [-0.2, 0) is 6.18 Å². The van der Waals surface area contributed by atoms with Crippen LogP contribution in [0.15, 0.2) is 18.3 Å². The molecule has 1 heterocycles. The molecule has 0 aliphatic rings. The number of nitrogens with one attached hydrogen (secondary N) is 1. The first-order valence-corrected chi connectivity index (χ1v) is 3.29. The third-order valence-electron chi connectivity index (χ3n) is 1.36. The number of aromatic nitrogens is 1. The van der Waals surface area contributed by atoms with Crippen molar-refractivity contribution < 1.29 is 13.2 Å². The molecule has 14 heavy (non-hydrogen) atoms. The molecule has 0 saturated heterocycles. The molecule has 3 nitrogen and oxygen atoms in total. The predicted octanol–water partition coefficient (Wildman–Crippen LogP) is 1.81. The first-order chi connectivity index (χ1) is 5.91. The fourth-order valence-electron chi connectivity index (χ4n) is 0.721. The minimum Gasteiger partial charge on any atom is -0.384 e. The van der Waals surface area contributed by atoms with E-state index in [9.17, 15) is 13.2 Å². The van der Waals surface area contributed by atoms with Gasteiger partial charge in [0.25, 0.3) is 0 Å². The van der Waals surface area contributed by atoms with Crippen molar-refractivity contribution >= 4 is 18.2 Å². The maximum Gasteiger partial charge on any atom is 0.433 e. The van der Waals surface area contributed by atoms with Gasteiger partial charge in [0.15, 0.2) is 0 Å². The van der Waals surface area contributed by atoms with Crippen LogP contribution in [0.3, 0.4) is 0 Å². The van der Waals surface area contributed by atoms with Crippen LogP contribution < -0.4 is 5.73 Å². The number of hydrogen-bond donors (Lipinski definition) is 2. The van der Waals surface area contributed by atoms with Crippen LogP contribution in [0.1, 0.15) is 11.3 Å². The van der Waals surface area contributed by atoms with Crippen molar-refractivity contribution in [2.75, 3.05) is 0 Å². The summed E-state index contributed by atoms with van der Waals surface area (Å²) in [6.07, 6.45) is -3.53. The van der Waals surface area contributed by atoms with E-state index in [1.165, 1.54) is 0 Å². The minimum absolute atomic E-state index is 0. The second-order valence-corrected chi connectivity index (χ2v) is 2.34. The summed E-state index contributed by atoms with van der Waals surface area (Å²) >= 11 is 0. The largest absolute Gasteiger partial charge is 0.433 e. The summed E-state index contributed by atoms with van der Waals surface area (Å²) in [6, 6.07) is 1.90. The number of alkyl halides is 3. The van der Waals surface area contributed by atoms with Crippen molar-refractivity contribution in [3.8, 4) is 0 Å². The Morgan fingerprint density at radius 3 is 2.21 bits per heavy atom. The van der Waals surface area contributed by atoms with Gasteiger partial charge in [-0.05, 0) is 12.1 Å². The molecule has 0 atom stereocenters. The van der Waals surface area contributed by atoms with E-state index in [1.54, 1.807) is 0 Å². The predicted molar refractivity (Wildman–Crippen MR) is 47.5 cm³/mol. The number of halogens is 4. The third kappa shape index (κ3) is 2.88. The zero-order chi connectivity index (χ0) is 10.1. The lowest BCUT2D eigenvalue weighted by molar-refractivity contribution is -0.141.